The SMILES string of the molecule is O=C(O)c1csc(-c2csc(-c3ncccc3F)n2)c1. The van der Waals surface area contributed by atoms with Crippen LogP contribution in [0.25, 0.3) is 21.3 Å². The van der Waals surface area contributed by atoms with Crippen LogP contribution in [0.1, 0.15) is 10.4 Å². The maximum absolute atomic E-state index is 13.6. The Kier molecular flexibility index (Phi) is 3.29. The molecular formula is C13H7FN2O2S2. The van der Waals surface area contributed by atoms with E-state index in [-0.39, 0.29) is 11.3 Å². The van der Waals surface area contributed by atoms with Gasteiger partial charge >= 0.3 is 5.97 Å². The number of aromatic carboxylic acids is 1. The number of thiazole rings is 1. The Hall–Kier alpha value is -2.12. The van der Waals surface area contributed by atoms with Gasteiger partial charge in [0.1, 0.15) is 10.7 Å². The number of nitrogens with zero attached hydrogens (tertiary/aromatic N) is 2. The molecule has 0 atom stereocenters. The standard InChI is InChI=1S/C13H7FN2O2S2/c14-8-2-1-3-15-11(8)12-16-9(6-20-12)10-4-7(5-19-10)13(17)18/h1-6H,(H,17,18). The molecule has 100 valence electrons. The van der Waals surface area contributed by atoms with Gasteiger partial charge < -0.3 is 5.11 Å². The van der Waals surface area contributed by atoms with E-state index < -0.39 is 11.8 Å². The van der Waals surface area contributed by atoms with Crippen LogP contribution in [-0.4, -0.2) is 21.0 Å². The van der Waals surface area contributed by atoms with Crippen molar-refractivity contribution in [3.05, 3.63) is 46.5 Å². The highest BCUT2D eigenvalue weighted by molar-refractivity contribution is 7.15. The summed E-state index contributed by atoms with van der Waals surface area (Å²) in [5, 5.41) is 12.7. The molecule has 0 unspecified atom stereocenters. The summed E-state index contributed by atoms with van der Waals surface area (Å²) in [6.07, 6.45) is 1.51. The number of hydrogen-bond donors (Lipinski definition) is 1. The number of carboxylic acids is 1. The van der Waals surface area contributed by atoms with Gasteiger partial charge in [-0.1, -0.05) is 0 Å². The van der Waals surface area contributed by atoms with E-state index in [9.17, 15) is 9.18 Å². The van der Waals surface area contributed by atoms with Gasteiger partial charge in [-0.15, -0.1) is 22.7 Å². The second-order valence-electron chi connectivity index (χ2n) is 3.88. The first-order valence-electron chi connectivity index (χ1n) is 5.54. The molecule has 1 N–H and O–H groups in total. The van der Waals surface area contributed by atoms with E-state index >= 15 is 0 Å². The molecule has 0 saturated heterocycles. The average molecular weight is 306 g/mol. The van der Waals surface area contributed by atoms with Crippen molar-refractivity contribution in [1.82, 2.24) is 9.97 Å². The Morgan fingerprint density at radius 2 is 2.15 bits per heavy atom. The van der Waals surface area contributed by atoms with Crippen molar-refractivity contribution in [2.45, 2.75) is 0 Å². The molecule has 0 spiro atoms. The predicted molar refractivity (Wildman–Crippen MR) is 75.6 cm³/mol. The lowest BCUT2D eigenvalue weighted by Crippen LogP contribution is -1.91. The highest BCUT2D eigenvalue weighted by atomic mass is 32.1. The van der Waals surface area contributed by atoms with Gasteiger partial charge in [-0.2, -0.15) is 0 Å². The Bertz CT molecular complexity index is 782. The molecule has 4 nitrogen and oxygen atoms in total. The van der Waals surface area contributed by atoms with E-state index in [0.29, 0.717) is 10.7 Å². The van der Waals surface area contributed by atoms with Crippen LogP contribution in [0, 0.1) is 5.82 Å². The summed E-state index contributed by atoms with van der Waals surface area (Å²) in [4.78, 5) is 19.9. The number of thiophene rings is 1. The van der Waals surface area contributed by atoms with E-state index in [2.05, 4.69) is 9.97 Å². The van der Waals surface area contributed by atoms with Gasteiger partial charge in [0.2, 0.25) is 0 Å². The lowest BCUT2D eigenvalue weighted by Gasteiger charge is -1.95. The smallest absolute Gasteiger partial charge is 0.336 e. The Labute approximate surface area is 121 Å². The van der Waals surface area contributed by atoms with Gasteiger partial charge in [0.05, 0.1) is 16.1 Å². The fraction of sp³-hybridized carbons (Fsp3) is 0. The van der Waals surface area contributed by atoms with Crippen molar-refractivity contribution >= 4 is 28.6 Å². The molecule has 0 aliphatic carbocycles. The number of carboxylic acid groups (broad SMARTS) is 1. The highest BCUT2D eigenvalue weighted by Gasteiger charge is 2.14. The maximum Gasteiger partial charge on any atom is 0.336 e. The zero-order valence-electron chi connectivity index (χ0n) is 9.91. The molecule has 3 heterocycles. The molecule has 20 heavy (non-hydrogen) atoms. The highest BCUT2D eigenvalue weighted by Crippen LogP contribution is 2.32. The van der Waals surface area contributed by atoms with E-state index in [4.69, 9.17) is 5.11 Å². The van der Waals surface area contributed by atoms with Crippen LogP contribution in [0.3, 0.4) is 0 Å². The van der Waals surface area contributed by atoms with Gasteiger partial charge in [0.15, 0.2) is 5.82 Å². The Balaban J connectivity index is 1.98. The van der Waals surface area contributed by atoms with Crippen molar-refractivity contribution in [2.24, 2.45) is 0 Å². The third-order valence-corrected chi connectivity index (χ3v) is 4.37. The lowest BCUT2D eigenvalue weighted by molar-refractivity contribution is 0.0697. The van der Waals surface area contributed by atoms with Crippen LogP contribution >= 0.6 is 22.7 Å². The largest absolute Gasteiger partial charge is 0.478 e. The molecule has 0 saturated carbocycles. The van der Waals surface area contributed by atoms with Crippen LogP contribution in [0.4, 0.5) is 4.39 Å². The van der Waals surface area contributed by atoms with Gasteiger partial charge in [-0.05, 0) is 18.2 Å². The third kappa shape index (κ3) is 2.33. The van der Waals surface area contributed by atoms with Crippen molar-refractivity contribution < 1.29 is 14.3 Å². The fourth-order valence-electron chi connectivity index (χ4n) is 1.62. The number of carbonyl (C=O) groups is 1. The van der Waals surface area contributed by atoms with E-state index in [1.807, 2.05) is 0 Å². The first kappa shape index (κ1) is 12.9. The molecule has 0 aliphatic rings. The minimum atomic E-state index is -0.973. The minimum Gasteiger partial charge on any atom is -0.478 e. The first-order chi connectivity index (χ1) is 9.65. The van der Waals surface area contributed by atoms with Gasteiger partial charge in [0.25, 0.3) is 0 Å². The fourth-order valence-corrected chi connectivity index (χ4v) is 3.35. The van der Waals surface area contributed by atoms with Gasteiger partial charge in [-0.25, -0.2) is 14.2 Å². The average Bonchev–Trinajstić information content (AvgIpc) is 3.08. The summed E-state index contributed by atoms with van der Waals surface area (Å²) in [6.45, 7) is 0. The summed E-state index contributed by atoms with van der Waals surface area (Å²) in [5.74, 6) is -1.40. The number of pyridine rings is 1. The first-order valence-corrected chi connectivity index (χ1v) is 7.29. The van der Waals surface area contributed by atoms with Crippen LogP contribution in [0.5, 0.6) is 0 Å². The predicted octanol–water partition coefficient (Wildman–Crippen LogP) is 3.77. The van der Waals surface area contributed by atoms with Gasteiger partial charge in [0, 0.05) is 17.0 Å². The third-order valence-electron chi connectivity index (χ3n) is 2.56. The quantitative estimate of drug-likeness (QED) is 0.800. The topological polar surface area (TPSA) is 63.1 Å². The molecule has 3 rings (SSSR count). The monoisotopic (exact) mass is 306 g/mol. The van der Waals surface area contributed by atoms with Crippen LogP contribution in [0.15, 0.2) is 35.2 Å². The normalized spacial score (nSPS) is 10.7. The Morgan fingerprint density at radius 3 is 2.85 bits per heavy atom. The van der Waals surface area contributed by atoms with E-state index in [1.165, 1.54) is 41.0 Å². The zero-order valence-corrected chi connectivity index (χ0v) is 11.5. The van der Waals surface area contributed by atoms with Crippen molar-refractivity contribution in [1.29, 1.82) is 0 Å². The summed E-state index contributed by atoms with van der Waals surface area (Å²) >= 11 is 2.57. The molecule has 0 aliphatic heterocycles. The molecular weight excluding hydrogens is 299 g/mol. The summed E-state index contributed by atoms with van der Waals surface area (Å²) < 4.78 is 13.6. The van der Waals surface area contributed by atoms with Crippen LogP contribution in [-0.2, 0) is 0 Å². The molecule has 7 heteroatoms. The molecule has 3 aromatic heterocycles. The summed E-state index contributed by atoms with van der Waals surface area (Å²) in [6, 6.07) is 4.41. The molecule has 0 radical (unpaired) electrons. The lowest BCUT2D eigenvalue weighted by atomic mass is 10.3. The summed E-state index contributed by atoms with van der Waals surface area (Å²) in [7, 11) is 0. The molecule has 0 fully saturated rings. The van der Waals surface area contributed by atoms with Crippen molar-refractivity contribution in [2.75, 3.05) is 0 Å². The second kappa shape index (κ2) is 5.10. The zero-order chi connectivity index (χ0) is 14.1. The maximum atomic E-state index is 13.6. The molecule has 0 aromatic carbocycles. The van der Waals surface area contributed by atoms with Crippen molar-refractivity contribution in [3.63, 3.8) is 0 Å². The summed E-state index contributed by atoms with van der Waals surface area (Å²) in [5.41, 5.74) is 1.06. The molecule has 0 amide bonds. The molecule has 3 aromatic rings. The van der Waals surface area contributed by atoms with Crippen LogP contribution < -0.4 is 0 Å². The van der Waals surface area contributed by atoms with Crippen molar-refractivity contribution in [3.8, 4) is 21.3 Å². The number of rotatable bonds is 3. The Morgan fingerprint density at radius 1 is 1.30 bits per heavy atom. The van der Waals surface area contributed by atoms with Crippen LogP contribution in [0.2, 0.25) is 0 Å². The van der Waals surface area contributed by atoms with Gasteiger partial charge in [-0.3, -0.25) is 4.98 Å². The van der Waals surface area contributed by atoms with E-state index in [0.717, 1.165) is 4.88 Å². The minimum absolute atomic E-state index is 0.207. The number of hydrogen-bond acceptors (Lipinski definition) is 5. The molecule has 0 bridgehead atoms. The number of halogens is 1. The second-order valence-corrected chi connectivity index (χ2v) is 5.65. The number of aromatic nitrogens is 2. The van der Waals surface area contributed by atoms with E-state index in [1.54, 1.807) is 16.8 Å².